The normalized spacial score (nSPS) is 11.1. The van der Waals surface area contributed by atoms with Crippen molar-refractivity contribution in [3.63, 3.8) is 0 Å². The Morgan fingerprint density at radius 3 is 2.68 bits per heavy atom. The monoisotopic (exact) mass is 342 g/mol. The quantitative estimate of drug-likeness (QED) is 0.862. The van der Waals surface area contributed by atoms with Crippen molar-refractivity contribution < 1.29 is 0 Å². The third-order valence-corrected chi connectivity index (χ3v) is 4.02. The molecule has 6 heteroatoms. The van der Waals surface area contributed by atoms with Gasteiger partial charge in [-0.2, -0.15) is 5.10 Å². The van der Waals surface area contributed by atoms with Crippen LogP contribution in [0.5, 0.6) is 0 Å². The van der Waals surface area contributed by atoms with Gasteiger partial charge in [0.1, 0.15) is 0 Å². The Bertz CT molecular complexity index is 607. The average molecular weight is 344 g/mol. The van der Waals surface area contributed by atoms with Crippen molar-refractivity contribution in [2.45, 2.75) is 26.8 Å². The lowest BCUT2D eigenvalue weighted by molar-refractivity contribution is 0.536. The number of anilines is 3. The maximum atomic E-state index is 6.07. The summed E-state index contributed by atoms with van der Waals surface area (Å²) in [6, 6.07) is 5.87. The van der Waals surface area contributed by atoms with Gasteiger partial charge >= 0.3 is 0 Å². The van der Waals surface area contributed by atoms with E-state index < -0.39 is 0 Å². The fourth-order valence-electron chi connectivity index (χ4n) is 1.77. The van der Waals surface area contributed by atoms with Gasteiger partial charge in [-0.3, -0.25) is 0 Å². The highest BCUT2D eigenvalue weighted by molar-refractivity contribution is 9.10. The van der Waals surface area contributed by atoms with Gasteiger partial charge in [-0.15, -0.1) is 0 Å². The van der Waals surface area contributed by atoms with E-state index in [0.29, 0.717) is 10.7 Å². The van der Waals surface area contributed by atoms with Gasteiger partial charge < -0.3 is 11.1 Å². The van der Waals surface area contributed by atoms with Crippen LogP contribution in [0.4, 0.5) is 17.2 Å². The average Bonchev–Trinajstić information content (AvgIpc) is 2.62. The number of nitrogens with zero attached hydrogens (tertiary/aromatic N) is 2. The first-order chi connectivity index (χ1) is 8.90. The molecule has 0 aliphatic carbocycles. The van der Waals surface area contributed by atoms with E-state index in [0.717, 1.165) is 21.7 Å². The number of halogens is 2. The number of aryl methyl sites for hydroxylation is 1. The highest BCUT2D eigenvalue weighted by atomic mass is 79.9. The first-order valence-electron chi connectivity index (χ1n) is 5.96. The molecular weight excluding hydrogens is 328 g/mol. The molecule has 19 heavy (non-hydrogen) atoms. The SMILES string of the molecule is Cc1nn(C(C)C)c(Nc2ccc(Cl)c(Br)c2)c1N. The number of benzene rings is 1. The van der Waals surface area contributed by atoms with E-state index in [9.17, 15) is 0 Å². The van der Waals surface area contributed by atoms with Gasteiger partial charge in [0.25, 0.3) is 0 Å². The van der Waals surface area contributed by atoms with Gasteiger partial charge in [-0.25, -0.2) is 4.68 Å². The van der Waals surface area contributed by atoms with Crippen LogP contribution in [0.2, 0.25) is 5.02 Å². The highest BCUT2D eigenvalue weighted by Crippen LogP contribution is 2.31. The number of hydrogen-bond acceptors (Lipinski definition) is 3. The molecule has 0 fully saturated rings. The molecule has 0 unspecified atom stereocenters. The van der Waals surface area contributed by atoms with Crippen LogP contribution in [0.25, 0.3) is 0 Å². The molecule has 1 aromatic carbocycles. The summed E-state index contributed by atoms with van der Waals surface area (Å²) in [4.78, 5) is 0. The van der Waals surface area contributed by atoms with Crippen molar-refractivity contribution in [2.75, 3.05) is 11.1 Å². The second-order valence-corrected chi connectivity index (χ2v) is 5.90. The van der Waals surface area contributed by atoms with Crippen molar-refractivity contribution in [1.82, 2.24) is 9.78 Å². The van der Waals surface area contributed by atoms with E-state index in [2.05, 4.69) is 40.2 Å². The summed E-state index contributed by atoms with van der Waals surface area (Å²) in [5.41, 5.74) is 8.47. The van der Waals surface area contributed by atoms with Crippen molar-refractivity contribution in [3.05, 3.63) is 33.4 Å². The van der Waals surface area contributed by atoms with Crippen LogP contribution in [0, 0.1) is 6.92 Å². The predicted molar refractivity (Wildman–Crippen MR) is 84.2 cm³/mol. The summed E-state index contributed by atoms with van der Waals surface area (Å²) in [6.07, 6.45) is 0. The molecule has 4 nitrogen and oxygen atoms in total. The third kappa shape index (κ3) is 2.87. The summed E-state index contributed by atoms with van der Waals surface area (Å²) >= 11 is 9.39. The number of hydrogen-bond donors (Lipinski definition) is 2. The molecule has 0 saturated heterocycles. The Hall–Kier alpha value is -1.20. The topological polar surface area (TPSA) is 55.9 Å². The van der Waals surface area contributed by atoms with Gasteiger partial charge in [-0.1, -0.05) is 11.6 Å². The van der Waals surface area contributed by atoms with Gasteiger partial charge in [0.15, 0.2) is 5.82 Å². The van der Waals surface area contributed by atoms with Gasteiger partial charge in [0, 0.05) is 16.2 Å². The Kier molecular flexibility index (Phi) is 4.06. The van der Waals surface area contributed by atoms with Crippen molar-refractivity contribution in [1.29, 1.82) is 0 Å². The first-order valence-corrected chi connectivity index (χ1v) is 7.14. The number of rotatable bonds is 3. The molecular formula is C13H16BrClN4. The largest absolute Gasteiger partial charge is 0.394 e. The van der Waals surface area contributed by atoms with E-state index in [4.69, 9.17) is 17.3 Å². The molecule has 0 aliphatic rings. The van der Waals surface area contributed by atoms with Crippen molar-refractivity contribution >= 4 is 44.7 Å². The zero-order valence-electron chi connectivity index (χ0n) is 11.0. The molecule has 0 amide bonds. The summed E-state index contributed by atoms with van der Waals surface area (Å²) in [5, 5.41) is 8.41. The number of nitrogen functional groups attached to an aromatic ring is 1. The summed E-state index contributed by atoms with van der Waals surface area (Å²) in [6.45, 7) is 6.03. The van der Waals surface area contributed by atoms with Crippen LogP contribution in [0.3, 0.4) is 0 Å². The van der Waals surface area contributed by atoms with E-state index in [-0.39, 0.29) is 6.04 Å². The van der Waals surface area contributed by atoms with Crippen molar-refractivity contribution in [2.24, 2.45) is 0 Å². The lowest BCUT2D eigenvalue weighted by Gasteiger charge is -2.13. The molecule has 1 aromatic heterocycles. The minimum Gasteiger partial charge on any atom is -0.394 e. The minimum atomic E-state index is 0.231. The number of nitrogens with one attached hydrogen (secondary N) is 1. The van der Waals surface area contributed by atoms with E-state index >= 15 is 0 Å². The molecule has 1 heterocycles. The smallest absolute Gasteiger partial charge is 0.152 e. The zero-order valence-corrected chi connectivity index (χ0v) is 13.4. The van der Waals surface area contributed by atoms with Crippen LogP contribution in [-0.2, 0) is 0 Å². The minimum absolute atomic E-state index is 0.231. The number of aromatic nitrogens is 2. The second kappa shape index (κ2) is 5.43. The fourth-order valence-corrected chi connectivity index (χ4v) is 2.27. The molecule has 0 bridgehead atoms. The Balaban J connectivity index is 2.40. The van der Waals surface area contributed by atoms with Crippen LogP contribution >= 0.6 is 27.5 Å². The summed E-state index contributed by atoms with van der Waals surface area (Å²) in [5.74, 6) is 0.807. The molecule has 2 rings (SSSR count). The molecule has 0 spiro atoms. The lowest BCUT2D eigenvalue weighted by Crippen LogP contribution is -2.08. The van der Waals surface area contributed by atoms with Crippen LogP contribution in [0.1, 0.15) is 25.6 Å². The predicted octanol–water partition coefficient (Wildman–Crippen LogP) is 4.51. The highest BCUT2D eigenvalue weighted by Gasteiger charge is 2.15. The molecule has 0 saturated carbocycles. The molecule has 3 N–H and O–H groups in total. The van der Waals surface area contributed by atoms with E-state index in [1.807, 2.05) is 29.8 Å². The first kappa shape index (κ1) is 14.2. The maximum Gasteiger partial charge on any atom is 0.152 e. The van der Waals surface area contributed by atoms with Crippen molar-refractivity contribution in [3.8, 4) is 0 Å². The molecule has 0 radical (unpaired) electrons. The summed E-state index contributed by atoms with van der Waals surface area (Å²) in [7, 11) is 0. The standard InChI is InChI=1S/C13H16BrClN4/c1-7(2)19-13(12(16)8(3)18-19)17-9-4-5-11(15)10(14)6-9/h4-7,17H,16H2,1-3H3. The van der Waals surface area contributed by atoms with Gasteiger partial charge in [-0.05, 0) is 54.9 Å². The Morgan fingerprint density at radius 1 is 1.42 bits per heavy atom. The Labute approximate surface area is 126 Å². The van der Waals surface area contributed by atoms with E-state index in [1.54, 1.807) is 0 Å². The fraction of sp³-hybridized carbons (Fsp3) is 0.308. The lowest BCUT2D eigenvalue weighted by atomic mass is 10.3. The number of nitrogens with two attached hydrogens (primary N) is 1. The second-order valence-electron chi connectivity index (χ2n) is 4.64. The zero-order chi connectivity index (χ0) is 14.2. The summed E-state index contributed by atoms with van der Waals surface area (Å²) < 4.78 is 2.72. The van der Waals surface area contributed by atoms with Gasteiger partial charge in [0.05, 0.1) is 16.4 Å². The van der Waals surface area contributed by atoms with Crippen LogP contribution < -0.4 is 11.1 Å². The molecule has 0 aliphatic heterocycles. The molecule has 102 valence electrons. The van der Waals surface area contributed by atoms with E-state index in [1.165, 1.54) is 0 Å². The maximum absolute atomic E-state index is 6.07. The molecule has 0 atom stereocenters. The van der Waals surface area contributed by atoms with Crippen LogP contribution in [-0.4, -0.2) is 9.78 Å². The third-order valence-electron chi connectivity index (χ3n) is 2.80. The van der Waals surface area contributed by atoms with Crippen LogP contribution in [0.15, 0.2) is 22.7 Å². The Morgan fingerprint density at radius 2 is 2.11 bits per heavy atom. The molecule has 2 aromatic rings. The van der Waals surface area contributed by atoms with Gasteiger partial charge in [0.2, 0.25) is 0 Å².